The number of anilines is 1. The summed E-state index contributed by atoms with van der Waals surface area (Å²) in [6.07, 6.45) is 0. The zero-order chi connectivity index (χ0) is 16.4. The molecule has 0 saturated heterocycles. The van der Waals surface area contributed by atoms with Crippen LogP contribution in [0.25, 0.3) is 0 Å². The highest BCUT2D eigenvalue weighted by atomic mass is 32.2. The summed E-state index contributed by atoms with van der Waals surface area (Å²) in [5.74, 6) is -1.71. The number of nitrogens with zero attached hydrogens (tertiary/aromatic N) is 2. The molecule has 11 heteroatoms. The number of rotatable bonds is 5. The number of hydrogen-bond donors (Lipinski definition) is 3. The Labute approximate surface area is 125 Å². The van der Waals surface area contributed by atoms with Gasteiger partial charge in [0.15, 0.2) is 0 Å². The first-order valence-electron chi connectivity index (χ1n) is 5.79. The molecule has 0 radical (unpaired) electrons. The zero-order valence-electron chi connectivity index (χ0n) is 11.9. The van der Waals surface area contributed by atoms with Crippen LogP contribution in [-0.4, -0.2) is 41.6 Å². The quantitative estimate of drug-likeness (QED) is 0.656. The van der Waals surface area contributed by atoms with E-state index in [1.54, 1.807) is 20.8 Å². The number of hydrogen-bond acceptors (Lipinski definition) is 7. The molecule has 118 valence electrons. The molecule has 1 aromatic rings. The lowest BCUT2D eigenvalue weighted by atomic mass is 9.88. The second kappa shape index (κ2) is 6.03. The molecule has 1 atom stereocenters. The molecule has 1 heterocycles. The smallest absolute Gasteiger partial charge is 0.322 e. The largest absolute Gasteiger partial charge is 0.480 e. The number of sulfonamides is 1. The molecule has 0 unspecified atom stereocenters. The minimum atomic E-state index is -4.14. The van der Waals surface area contributed by atoms with Crippen LogP contribution in [-0.2, 0) is 19.6 Å². The van der Waals surface area contributed by atoms with E-state index < -0.39 is 37.7 Å². The summed E-state index contributed by atoms with van der Waals surface area (Å²) >= 11 is 0.635. The van der Waals surface area contributed by atoms with E-state index in [0.29, 0.717) is 11.3 Å². The molecule has 0 aromatic carbocycles. The van der Waals surface area contributed by atoms with E-state index in [1.165, 1.54) is 6.92 Å². The number of carboxylic acid groups (broad SMARTS) is 1. The van der Waals surface area contributed by atoms with E-state index in [-0.39, 0.29) is 5.13 Å². The van der Waals surface area contributed by atoms with Gasteiger partial charge in [0.25, 0.3) is 10.0 Å². The van der Waals surface area contributed by atoms with Gasteiger partial charge < -0.3 is 10.4 Å². The van der Waals surface area contributed by atoms with Gasteiger partial charge in [0.1, 0.15) is 6.04 Å². The fourth-order valence-corrected chi connectivity index (χ4v) is 3.68. The van der Waals surface area contributed by atoms with Crippen LogP contribution in [0.2, 0.25) is 0 Å². The molecule has 3 N–H and O–H groups in total. The summed E-state index contributed by atoms with van der Waals surface area (Å²) in [7, 11) is -4.14. The second-order valence-electron chi connectivity index (χ2n) is 5.31. The van der Waals surface area contributed by atoms with Gasteiger partial charge in [-0.25, -0.2) is 8.42 Å². The third-order valence-electron chi connectivity index (χ3n) is 2.31. The maximum absolute atomic E-state index is 12.1. The maximum Gasteiger partial charge on any atom is 0.322 e. The highest BCUT2D eigenvalue weighted by Crippen LogP contribution is 2.24. The van der Waals surface area contributed by atoms with Gasteiger partial charge >= 0.3 is 5.97 Å². The molecule has 0 spiro atoms. The number of aliphatic carboxylic acids is 1. The number of carboxylic acids is 1. The van der Waals surface area contributed by atoms with Crippen LogP contribution in [0.4, 0.5) is 5.13 Å². The third kappa shape index (κ3) is 4.72. The zero-order valence-corrected chi connectivity index (χ0v) is 13.5. The average molecular weight is 336 g/mol. The van der Waals surface area contributed by atoms with E-state index in [1.807, 2.05) is 0 Å². The molecule has 1 amide bonds. The van der Waals surface area contributed by atoms with Crippen LogP contribution in [0.5, 0.6) is 0 Å². The Morgan fingerprint density at radius 3 is 2.29 bits per heavy atom. The number of amides is 1. The lowest BCUT2D eigenvalue weighted by Gasteiger charge is -2.26. The normalized spacial score (nSPS) is 13.7. The molecule has 21 heavy (non-hydrogen) atoms. The predicted molar refractivity (Wildman–Crippen MR) is 75.4 cm³/mol. The molecule has 1 rings (SSSR count). The molecule has 0 fully saturated rings. The van der Waals surface area contributed by atoms with E-state index in [2.05, 4.69) is 20.2 Å². The molecule has 0 bridgehead atoms. The summed E-state index contributed by atoms with van der Waals surface area (Å²) in [5, 5.41) is 18.4. The topological polar surface area (TPSA) is 138 Å². The summed E-state index contributed by atoms with van der Waals surface area (Å²) in [4.78, 5) is 22.0. The number of aromatic nitrogens is 2. The summed E-state index contributed by atoms with van der Waals surface area (Å²) in [6, 6.07) is -1.32. The Morgan fingerprint density at radius 2 is 1.86 bits per heavy atom. The van der Waals surface area contributed by atoms with Crippen molar-refractivity contribution in [3.05, 3.63) is 0 Å². The minimum Gasteiger partial charge on any atom is -0.480 e. The van der Waals surface area contributed by atoms with Crippen LogP contribution < -0.4 is 10.0 Å². The van der Waals surface area contributed by atoms with Crippen molar-refractivity contribution in [1.29, 1.82) is 0 Å². The van der Waals surface area contributed by atoms with Crippen molar-refractivity contribution in [2.75, 3.05) is 5.32 Å². The number of nitrogens with one attached hydrogen (secondary N) is 2. The van der Waals surface area contributed by atoms with Crippen LogP contribution in [0.3, 0.4) is 0 Å². The summed E-state index contributed by atoms with van der Waals surface area (Å²) in [6.45, 7) is 6.03. The van der Waals surface area contributed by atoms with E-state index in [9.17, 15) is 18.0 Å². The lowest BCUT2D eigenvalue weighted by Crippen LogP contribution is -2.48. The monoisotopic (exact) mass is 336 g/mol. The van der Waals surface area contributed by atoms with Crippen LogP contribution in [0.1, 0.15) is 27.7 Å². The third-order valence-corrected chi connectivity index (χ3v) is 4.93. The van der Waals surface area contributed by atoms with Gasteiger partial charge in [-0.15, -0.1) is 10.2 Å². The minimum absolute atomic E-state index is 0.0190. The Balaban J connectivity index is 3.03. The summed E-state index contributed by atoms with van der Waals surface area (Å²) in [5.41, 5.74) is -0.829. The van der Waals surface area contributed by atoms with E-state index >= 15 is 0 Å². The van der Waals surface area contributed by atoms with Gasteiger partial charge in [-0.3, -0.25) is 9.59 Å². The lowest BCUT2D eigenvalue weighted by molar-refractivity contribution is -0.141. The molecular weight excluding hydrogens is 320 g/mol. The van der Waals surface area contributed by atoms with Crippen LogP contribution in [0.15, 0.2) is 4.34 Å². The predicted octanol–water partition coefficient (Wildman–Crippen LogP) is 0.274. The molecule has 0 aliphatic heterocycles. The molecule has 0 saturated carbocycles. The summed E-state index contributed by atoms with van der Waals surface area (Å²) < 4.78 is 25.9. The fraction of sp³-hybridized carbons (Fsp3) is 0.600. The van der Waals surface area contributed by atoms with Gasteiger partial charge in [0, 0.05) is 6.92 Å². The fourth-order valence-electron chi connectivity index (χ4n) is 1.32. The van der Waals surface area contributed by atoms with Gasteiger partial charge in [-0.05, 0) is 5.41 Å². The van der Waals surface area contributed by atoms with Crippen molar-refractivity contribution >= 4 is 38.4 Å². The first-order chi connectivity index (χ1) is 9.43. The van der Waals surface area contributed by atoms with Crippen molar-refractivity contribution in [3.63, 3.8) is 0 Å². The van der Waals surface area contributed by atoms with Gasteiger partial charge in [-0.2, -0.15) is 4.72 Å². The van der Waals surface area contributed by atoms with Crippen LogP contribution in [0, 0.1) is 5.41 Å². The van der Waals surface area contributed by atoms with Gasteiger partial charge in [0.05, 0.1) is 0 Å². The van der Waals surface area contributed by atoms with Gasteiger partial charge in [0.2, 0.25) is 15.4 Å². The number of carbonyl (C=O) groups is 2. The van der Waals surface area contributed by atoms with Crippen molar-refractivity contribution in [2.45, 2.75) is 38.1 Å². The molecule has 1 aromatic heterocycles. The van der Waals surface area contributed by atoms with Crippen molar-refractivity contribution < 1.29 is 23.1 Å². The van der Waals surface area contributed by atoms with E-state index in [4.69, 9.17) is 5.11 Å². The number of carbonyl (C=O) groups excluding carboxylic acids is 1. The van der Waals surface area contributed by atoms with Crippen molar-refractivity contribution in [1.82, 2.24) is 14.9 Å². The van der Waals surface area contributed by atoms with Crippen molar-refractivity contribution in [2.24, 2.45) is 5.41 Å². The first-order valence-corrected chi connectivity index (χ1v) is 8.09. The Morgan fingerprint density at radius 1 is 1.29 bits per heavy atom. The molecule has 0 aliphatic carbocycles. The Bertz CT molecular complexity index is 647. The SMILES string of the molecule is CC(=O)Nc1nnc(S(=O)(=O)N[C@H](C(=O)O)C(C)(C)C)s1. The highest BCUT2D eigenvalue weighted by Gasteiger charge is 2.36. The standard InChI is InChI=1S/C10H16N4O5S2/c1-5(15)11-8-12-13-9(20-8)21(18,19)14-6(7(16)17)10(2,3)4/h6,14H,1-4H3,(H,16,17)(H,11,12,15)/t6-/m1/s1. The van der Waals surface area contributed by atoms with E-state index in [0.717, 1.165) is 0 Å². The van der Waals surface area contributed by atoms with Crippen molar-refractivity contribution in [3.8, 4) is 0 Å². The molecular formula is C10H16N4O5S2. The molecule has 9 nitrogen and oxygen atoms in total. The highest BCUT2D eigenvalue weighted by molar-refractivity contribution is 7.91. The Hall–Kier alpha value is -1.59. The average Bonchev–Trinajstić information content (AvgIpc) is 2.72. The second-order valence-corrected chi connectivity index (χ2v) is 8.18. The Kier molecular flexibility index (Phi) is 5.02. The van der Waals surface area contributed by atoms with Crippen LogP contribution >= 0.6 is 11.3 Å². The van der Waals surface area contributed by atoms with Gasteiger partial charge in [-0.1, -0.05) is 32.1 Å². The maximum atomic E-state index is 12.1. The first kappa shape index (κ1) is 17.5. The molecule has 0 aliphatic rings.